The lowest BCUT2D eigenvalue weighted by atomic mass is 10.0. The Morgan fingerprint density at radius 3 is 2.60 bits per heavy atom. The van der Waals surface area contributed by atoms with Crippen LogP contribution in [0.2, 0.25) is 0 Å². The molecule has 0 saturated heterocycles. The van der Waals surface area contributed by atoms with E-state index in [9.17, 15) is 0 Å². The molecule has 0 aromatic heterocycles. The van der Waals surface area contributed by atoms with E-state index in [0.29, 0.717) is 0 Å². The van der Waals surface area contributed by atoms with Crippen LogP contribution in [0.1, 0.15) is 23.6 Å². The summed E-state index contributed by atoms with van der Waals surface area (Å²) in [5.74, 6) is 0.982. The van der Waals surface area contributed by atoms with E-state index in [1.54, 1.807) is 0 Å². The van der Waals surface area contributed by atoms with Crippen LogP contribution in [0.5, 0.6) is 5.75 Å². The van der Waals surface area contributed by atoms with Crippen LogP contribution in [0.4, 0.5) is 5.69 Å². The zero-order chi connectivity index (χ0) is 14.1. The molecule has 0 aliphatic carbocycles. The first-order chi connectivity index (χ1) is 9.65. The highest BCUT2D eigenvalue weighted by Gasteiger charge is 2.22. The van der Waals surface area contributed by atoms with Crippen molar-refractivity contribution >= 4 is 37.5 Å². The smallest absolute Gasteiger partial charge is 0.124 e. The van der Waals surface area contributed by atoms with Crippen molar-refractivity contribution in [3.05, 3.63) is 56.5 Å². The lowest BCUT2D eigenvalue weighted by Gasteiger charge is -2.28. The molecular weight excluding hydrogens is 382 g/mol. The zero-order valence-electron chi connectivity index (χ0n) is 11.1. The highest BCUT2D eigenvalue weighted by Crippen LogP contribution is 2.39. The number of fused-ring (bicyclic) bond motifs is 1. The third-order valence-electron chi connectivity index (χ3n) is 3.46. The van der Waals surface area contributed by atoms with E-state index in [0.717, 1.165) is 33.4 Å². The number of ether oxygens (including phenoxy) is 1. The van der Waals surface area contributed by atoms with E-state index in [-0.39, 0.29) is 6.04 Å². The fourth-order valence-electron chi connectivity index (χ4n) is 2.50. The van der Waals surface area contributed by atoms with Crippen molar-refractivity contribution in [3.63, 3.8) is 0 Å². The van der Waals surface area contributed by atoms with Gasteiger partial charge in [0.15, 0.2) is 0 Å². The van der Waals surface area contributed by atoms with Crippen LogP contribution in [0.15, 0.2) is 45.3 Å². The second-order valence-electron chi connectivity index (χ2n) is 4.98. The van der Waals surface area contributed by atoms with Crippen molar-refractivity contribution < 1.29 is 4.74 Å². The minimum atomic E-state index is 0.273. The molecule has 104 valence electrons. The molecule has 0 spiro atoms. The van der Waals surface area contributed by atoms with Gasteiger partial charge in [0.05, 0.1) is 18.3 Å². The summed E-state index contributed by atoms with van der Waals surface area (Å²) in [6.45, 7) is 2.83. The molecule has 0 amide bonds. The maximum atomic E-state index is 5.71. The number of halogens is 2. The Balaban J connectivity index is 1.94. The normalized spacial score (nSPS) is 17.2. The van der Waals surface area contributed by atoms with Gasteiger partial charge in [-0.05, 0) is 62.5 Å². The Bertz CT molecular complexity index is 619. The standard InChI is InChI=1S/C16H15Br2NO/c1-10-8-12(17)16(13(18)9-10)19-14-6-7-20-15-5-3-2-4-11(14)15/h2-5,8-9,14,19H,6-7H2,1H3. The molecule has 2 aromatic carbocycles. The summed E-state index contributed by atoms with van der Waals surface area (Å²) in [6, 6.07) is 12.7. The molecule has 1 aliphatic rings. The molecule has 1 heterocycles. The van der Waals surface area contributed by atoms with Gasteiger partial charge in [-0.3, -0.25) is 0 Å². The first kappa shape index (κ1) is 14.0. The maximum absolute atomic E-state index is 5.71. The summed E-state index contributed by atoms with van der Waals surface area (Å²) in [4.78, 5) is 0. The maximum Gasteiger partial charge on any atom is 0.124 e. The molecule has 1 aliphatic heterocycles. The molecule has 20 heavy (non-hydrogen) atoms. The number of aryl methyl sites for hydroxylation is 1. The highest BCUT2D eigenvalue weighted by atomic mass is 79.9. The Morgan fingerprint density at radius 1 is 1.15 bits per heavy atom. The summed E-state index contributed by atoms with van der Waals surface area (Å²) < 4.78 is 7.86. The number of hydrogen-bond acceptors (Lipinski definition) is 2. The van der Waals surface area contributed by atoms with Gasteiger partial charge in [0.2, 0.25) is 0 Å². The van der Waals surface area contributed by atoms with E-state index < -0.39 is 0 Å². The summed E-state index contributed by atoms with van der Waals surface area (Å²) in [6.07, 6.45) is 0.962. The van der Waals surface area contributed by atoms with Gasteiger partial charge in [0, 0.05) is 20.9 Å². The topological polar surface area (TPSA) is 21.3 Å². The van der Waals surface area contributed by atoms with Crippen LogP contribution in [0.25, 0.3) is 0 Å². The average Bonchev–Trinajstić information content (AvgIpc) is 2.43. The van der Waals surface area contributed by atoms with Gasteiger partial charge >= 0.3 is 0 Å². The Labute approximate surface area is 135 Å². The number of para-hydroxylation sites is 1. The first-order valence-electron chi connectivity index (χ1n) is 6.59. The first-order valence-corrected chi connectivity index (χ1v) is 8.17. The number of benzene rings is 2. The quantitative estimate of drug-likeness (QED) is 0.727. The minimum Gasteiger partial charge on any atom is -0.493 e. The van der Waals surface area contributed by atoms with Crippen LogP contribution in [-0.4, -0.2) is 6.61 Å². The van der Waals surface area contributed by atoms with Gasteiger partial charge < -0.3 is 10.1 Å². The zero-order valence-corrected chi connectivity index (χ0v) is 14.3. The van der Waals surface area contributed by atoms with Gasteiger partial charge in [-0.1, -0.05) is 18.2 Å². The molecule has 1 atom stereocenters. The van der Waals surface area contributed by atoms with Crippen molar-refractivity contribution in [3.8, 4) is 5.75 Å². The number of hydrogen-bond donors (Lipinski definition) is 1. The predicted octanol–water partition coefficient (Wildman–Crippen LogP) is 5.46. The SMILES string of the molecule is Cc1cc(Br)c(NC2CCOc3ccccc32)c(Br)c1. The number of anilines is 1. The van der Waals surface area contributed by atoms with Gasteiger partial charge in [-0.15, -0.1) is 0 Å². The predicted molar refractivity (Wildman–Crippen MR) is 89.5 cm³/mol. The van der Waals surface area contributed by atoms with E-state index in [1.807, 2.05) is 12.1 Å². The fourth-order valence-corrected chi connectivity index (χ4v) is 4.15. The van der Waals surface area contributed by atoms with Crippen LogP contribution in [0, 0.1) is 6.92 Å². The third kappa shape index (κ3) is 2.72. The molecule has 4 heteroatoms. The Hall–Kier alpha value is -1.00. The lowest BCUT2D eigenvalue weighted by molar-refractivity contribution is 0.274. The molecule has 1 unspecified atom stereocenters. The lowest BCUT2D eigenvalue weighted by Crippen LogP contribution is -2.20. The monoisotopic (exact) mass is 395 g/mol. The van der Waals surface area contributed by atoms with Gasteiger partial charge in [0.25, 0.3) is 0 Å². The van der Waals surface area contributed by atoms with E-state index >= 15 is 0 Å². The molecule has 0 bridgehead atoms. The number of nitrogens with one attached hydrogen (secondary N) is 1. The molecule has 3 rings (SSSR count). The minimum absolute atomic E-state index is 0.273. The van der Waals surface area contributed by atoms with Gasteiger partial charge in [-0.2, -0.15) is 0 Å². The molecule has 2 aromatic rings. The van der Waals surface area contributed by atoms with Crippen LogP contribution >= 0.6 is 31.9 Å². The molecular formula is C16H15Br2NO. The largest absolute Gasteiger partial charge is 0.493 e. The molecule has 2 nitrogen and oxygen atoms in total. The second kappa shape index (κ2) is 5.78. The molecule has 0 radical (unpaired) electrons. The van der Waals surface area contributed by atoms with Gasteiger partial charge in [-0.25, -0.2) is 0 Å². The summed E-state index contributed by atoms with van der Waals surface area (Å²) >= 11 is 7.28. The highest BCUT2D eigenvalue weighted by molar-refractivity contribution is 9.11. The Morgan fingerprint density at radius 2 is 1.85 bits per heavy atom. The Kier molecular flexibility index (Phi) is 4.03. The fraction of sp³-hybridized carbons (Fsp3) is 0.250. The van der Waals surface area contributed by atoms with E-state index in [4.69, 9.17) is 4.74 Å². The van der Waals surface area contributed by atoms with Gasteiger partial charge in [0.1, 0.15) is 5.75 Å². The van der Waals surface area contributed by atoms with E-state index in [2.05, 4.69) is 68.4 Å². The summed E-state index contributed by atoms with van der Waals surface area (Å²) in [7, 11) is 0. The van der Waals surface area contributed by atoms with Crippen molar-refractivity contribution in [1.82, 2.24) is 0 Å². The molecule has 1 N–H and O–H groups in total. The van der Waals surface area contributed by atoms with Crippen molar-refractivity contribution in [1.29, 1.82) is 0 Å². The van der Waals surface area contributed by atoms with Crippen LogP contribution in [0.3, 0.4) is 0 Å². The van der Waals surface area contributed by atoms with Crippen LogP contribution in [-0.2, 0) is 0 Å². The van der Waals surface area contributed by atoms with Crippen molar-refractivity contribution in [2.75, 3.05) is 11.9 Å². The average molecular weight is 397 g/mol. The van der Waals surface area contributed by atoms with Crippen molar-refractivity contribution in [2.24, 2.45) is 0 Å². The molecule has 0 fully saturated rings. The summed E-state index contributed by atoms with van der Waals surface area (Å²) in [5.41, 5.74) is 3.54. The molecule has 0 saturated carbocycles. The van der Waals surface area contributed by atoms with E-state index in [1.165, 1.54) is 11.1 Å². The number of rotatable bonds is 2. The van der Waals surface area contributed by atoms with Crippen LogP contribution < -0.4 is 10.1 Å². The van der Waals surface area contributed by atoms with Crippen molar-refractivity contribution in [2.45, 2.75) is 19.4 Å². The second-order valence-corrected chi connectivity index (χ2v) is 6.68. The third-order valence-corrected chi connectivity index (χ3v) is 4.71. The summed E-state index contributed by atoms with van der Waals surface area (Å²) in [5, 5.41) is 3.63.